The van der Waals surface area contributed by atoms with Gasteiger partial charge in [-0.1, -0.05) is 25.5 Å². The highest BCUT2D eigenvalue weighted by Gasteiger charge is 2.47. The minimum Gasteiger partial charge on any atom is -0.481 e. The Labute approximate surface area is 102 Å². The number of hydrogen-bond acceptors (Lipinski definition) is 3. The molecular formula is C13H20O4. The number of allylic oxidation sites excluding steroid dienone is 2. The fourth-order valence-electron chi connectivity index (χ4n) is 2.41. The second-order valence-corrected chi connectivity index (χ2v) is 5.02. The molecule has 0 aromatic carbocycles. The molecule has 2 atom stereocenters. The molecule has 0 saturated carbocycles. The summed E-state index contributed by atoms with van der Waals surface area (Å²) in [6.07, 6.45) is 2.39. The van der Waals surface area contributed by atoms with Gasteiger partial charge in [0.15, 0.2) is 0 Å². The Balaban J connectivity index is 3.07. The highest BCUT2D eigenvalue weighted by Crippen LogP contribution is 2.45. The molecule has 0 radical (unpaired) electrons. The molecule has 96 valence electrons. The Morgan fingerprint density at radius 3 is 2.59 bits per heavy atom. The Bertz CT molecular complexity index is 354. The lowest BCUT2D eigenvalue weighted by Gasteiger charge is -2.40. The third-order valence-corrected chi connectivity index (χ3v) is 3.73. The van der Waals surface area contributed by atoms with E-state index >= 15 is 0 Å². The lowest BCUT2D eigenvalue weighted by atomic mass is 9.63. The monoisotopic (exact) mass is 240 g/mol. The molecule has 0 unspecified atom stereocenters. The Kier molecular flexibility index (Phi) is 3.96. The van der Waals surface area contributed by atoms with Gasteiger partial charge in [-0.15, -0.1) is 0 Å². The van der Waals surface area contributed by atoms with Crippen LogP contribution in [0.1, 0.15) is 34.1 Å². The largest absolute Gasteiger partial charge is 0.481 e. The molecule has 0 fully saturated rings. The van der Waals surface area contributed by atoms with Crippen molar-refractivity contribution in [1.82, 2.24) is 0 Å². The van der Waals surface area contributed by atoms with Crippen LogP contribution in [0.2, 0.25) is 0 Å². The number of hydrogen-bond donors (Lipinski definition) is 1. The number of esters is 1. The molecule has 17 heavy (non-hydrogen) atoms. The van der Waals surface area contributed by atoms with E-state index in [4.69, 9.17) is 4.74 Å². The smallest absolute Gasteiger partial charge is 0.310 e. The summed E-state index contributed by atoms with van der Waals surface area (Å²) in [7, 11) is 0. The fourth-order valence-corrected chi connectivity index (χ4v) is 2.41. The van der Waals surface area contributed by atoms with Crippen LogP contribution < -0.4 is 0 Å². The summed E-state index contributed by atoms with van der Waals surface area (Å²) in [5.41, 5.74) is 0.507. The zero-order valence-corrected chi connectivity index (χ0v) is 10.8. The van der Waals surface area contributed by atoms with E-state index in [2.05, 4.69) is 0 Å². The molecule has 0 bridgehead atoms. The van der Waals surface area contributed by atoms with E-state index in [1.807, 2.05) is 26.8 Å². The van der Waals surface area contributed by atoms with Gasteiger partial charge in [0, 0.05) is 0 Å². The van der Waals surface area contributed by atoms with Crippen molar-refractivity contribution in [2.75, 3.05) is 6.61 Å². The predicted octanol–water partition coefficient (Wildman–Crippen LogP) is 2.24. The van der Waals surface area contributed by atoms with E-state index in [9.17, 15) is 14.7 Å². The third kappa shape index (κ3) is 2.51. The van der Waals surface area contributed by atoms with Gasteiger partial charge < -0.3 is 9.84 Å². The van der Waals surface area contributed by atoms with Gasteiger partial charge in [-0.25, -0.2) is 0 Å². The van der Waals surface area contributed by atoms with Crippen molar-refractivity contribution in [3.63, 3.8) is 0 Å². The summed E-state index contributed by atoms with van der Waals surface area (Å²) in [5, 5.41) is 9.34. The van der Waals surface area contributed by atoms with E-state index < -0.39 is 29.2 Å². The van der Waals surface area contributed by atoms with E-state index in [0.29, 0.717) is 6.42 Å². The van der Waals surface area contributed by atoms with Crippen LogP contribution in [0, 0.1) is 17.3 Å². The highest BCUT2D eigenvalue weighted by molar-refractivity contribution is 5.82. The van der Waals surface area contributed by atoms with Gasteiger partial charge in [-0.3, -0.25) is 9.59 Å². The van der Waals surface area contributed by atoms with E-state index in [-0.39, 0.29) is 6.61 Å². The maximum Gasteiger partial charge on any atom is 0.310 e. The van der Waals surface area contributed by atoms with Crippen LogP contribution >= 0.6 is 0 Å². The molecule has 0 saturated heterocycles. The average Bonchev–Trinajstić information content (AvgIpc) is 2.21. The first-order valence-corrected chi connectivity index (χ1v) is 5.89. The second-order valence-electron chi connectivity index (χ2n) is 5.02. The molecule has 1 N–H and O–H groups in total. The number of carbonyl (C=O) groups is 2. The van der Waals surface area contributed by atoms with Crippen molar-refractivity contribution < 1.29 is 19.4 Å². The van der Waals surface area contributed by atoms with Crippen LogP contribution in [0.3, 0.4) is 0 Å². The molecule has 4 heteroatoms. The molecule has 4 nitrogen and oxygen atoms in total. The molecule has 0 aliphatic heterocycles. The zero-order chi connectivity index (χ0) is 13.2. The van der Waals surface area contributed by atoms with Crippen LogP contribution in [0.5, 0.6) is 0 Å². The normalized spacial score (nSPS) is 27.2. The Morgan fingerprint density at radius 2 is 2.12 bits per heavy atom. The van der Waals surface area contributed by atoms with Gasteiger partial charge in [0.1, 0.15) is 0 Å². The summed E-state index contributed by atoms with van der Waals surface area (Å²) < 4.78 is 4.96. The summed E-state index contributed by atoms with van der Waals surface area (Å²) in [6, 6.07) is 0. The van der Waals surface area contributed by atoms with Gasteiger partial charge in [0.05, 0.1) is 18.4 Å². The van der Waals surface area contributed by atoms with Crippen LogP contribution in [0.15, 0.2) is 11.6 Å². The molecule has 1 rings (SSSR count). The lowest BCUT2D eigenvalue weighted by molar-refractivity contribution is -0.161. The van der Waals surface area contributed by atoms with Gasteiger partial charge in [0.2, 0.25) is 0 Å². The van der Waals surface area contributed by atoms with Crippen LogP contribution in [0.25, 0.3) is 0 Å². The first-order chi connectivity index (χ1) is 7.82. The van der Waals surface area contributed by atoms with Gasteiger partial charge in [-0.05, 0) is 25.7 Å². The lowest BCUT2D eigenvalue weighted by Crippen LogP contribution is -2.43. The third-order valence-electron chi connectivity index (χ3n) is 3.73. The van der Waals surface area contributed by atoms with Crippen molar-refractivity contribution >= 4 is 11.9 Å². The Morgan fingerprint density at radius 1 is 1.53 bits per heavy atom. The minimum atomic E-state index is -0.930. The maximum atomic E-state index is 11.8. The zero-order valence-electron chi connectivity index (χ0n) is 10.8. The number of rotatable bonds is 3. The molecule has 1 aliphatic carbocycles. The molecule has 1 aliphatic rings. The average molecular weight is 240 g/mol. The summed E-state index contributed by atoms with van der Waals surface area (Å²) in [4.78, 5) is 23.2. The summed E-state index contributed by atoms with van der Waals surface area (Å²) >= 11 is 0. The fraction of sp³-hybridized carbons (Fsp3) is 0.692. The molecule has 0 aromatic heterocycles. The quantitative estimate of drug-likeness (QED) is 0.607. The number of ether oxygens (including phenoxy) is 1. The molecule has 0 amide bonds. The van der Waals surface area contributed by atoms with Crippen molar-refractivity contribution in [2.45, 2.75) is 34.1 Å². The second kappa shape index (κ2) is 4.90. The van der Waals surface area contributed by atoms with E-state index in [1.165, 1.54) is 0 Å². The van der Waals surface area contributed by atoms with Crippen molar-refractivity contribution in [3.8, 4) is 0 Å². The van der Waals surface area contributed by atoms with Gasteiger partial charge in [0.25, 0.3) is 0 Å². The highest BCUT2D eigenvalue weighted by atomic mass is 16.5. The first kappa shape index (κ1) is 13.7. The maximum absolute atomic E-state index is 11.8. The van der Waals surface area contributed by atoms with Gasteiger partial charge in [-0.2, -0.15) is 0 Å². The number of aliphatic carboxylic acids is 1. The van der Waals surface area contributed by atoms with Crippen molar-refractivity contribution in [2.24, 2.45) is 17.3 Å². The molecule has 0 aromatic rings. The van der Waals surface area contributed by atoms with Gasteiger partial charge >= 0.3 is 11.9 Å². The van der Waals surface area contributed by atoms with E-state index in [1.54, 1.807) is 6.92 Å². The molecule has 0 heterocycles. The molecular weight excluding hydrogens is 220 g/mol. The predicted molar refractivity (Wildman–Crippen MR) is 63.4 cm³/mol. The standard InChI is InChI=1S/C13H20O4/c1-5-17-12(16)9-7-6-8(2)13(3,4)10(9)11(14)15/h6,9-10H,5,7H2,1-4H3,(H,14,15)/t9-,10+/m1/s1. The summed E-state index contributed by atoms with van der Waals surface area (Å²) in [5.74, 6) is -2.63. The van der Waals surface area contributed by atoms with Crippen molar-refractivity contribution in [3.05, 3.63) is 11.6 Å². The first-order valence-electron chi connectivity index (χ1n) is 5.89. The Hall–Kier alpha value is -1.32. The van der Waals surface area contributed by atoms with Crippen LogP contribution in [-0.2, 0) is 14.3 Å². The minimum absolute atomic E-state index is 0.283. The van der Waals surface area contributed by atoms with E-state index in [0.717, 1.165) is 5.57 Å². The summed E-state index contributed by atoms with van der Waals surface area (Å²) in [6.45, 7) is 7.65. The van der Waals surface area contributed by atoms with Crippen molar-refractivity contribution in [1.29, 1.82) is 0 Å². The van der Waals surface area contributed by atoms with Crippen LogP contribution in [0.4, 0.5) is 0 Å². The van der Waals surface area contributed by atoms with Crippen LogP contribution in [-0.4, -0.2) is 23.7 Å². The molecule has 0 spiro atoms. The SMILES string of the molecule is CCOC(=O)[C@@H]1CC=C(C)C(C)(C)[C@@H]1C(=O)O. The topological polar surface area (TPSA) is 63.6 Å². The number of carbonyl (C=O) groups excluding carboxylic acids is 1. The number of carboxylic acid groups (broad SMARTS) is 1. The number of carboxylic acids is 1.